The van der Waals surface area contributed by atoms with Crippen molar-refractivity contribution < 1.29 is 12.7 Å². The molecule has 0 fully saturated rings. The van der Waals surface area contributed by atoms with Crippen molar-refractivity contribution in [1.29, 1.82) is 5.26 Å². The van der Waals surface area contributed by atoms with Gasteiger partial charge in [-0.15, -0.1) is 0 Å². The number of nitrogens with zero attached hydrogens (tertiary/aromatic N) is 2. The van der Waals surface area contributed by atoms with E-state index in [1.54, 1.807) is 36.4 Å². The Morgan fingerprint density at radius 1 is 1.23 bits per heavy atom. The van der Waals surface area contributed by atoms with Crippen molar-refractivity contribution in [2.24, 2.45) is 5.16 Å². The Kier molecular flexibility index (Phi) is 4.81. The van der Waals surface area contributed by atoms with Crippen molar-refractivity contribution in [3.8, 4) is 6.07 Å². The fourth-order valence-corrected chi connectivity index (χ4v) is 2.53. The summed E-state index contributed by atoms with van der Waals surface area (Å²) < 4.78 is 28.6. The van der Waals surface area contributed by atoms with Crippen LogP contribution in [0.5, 0.6) is 0 Å². The zero-order chi connectivity index (χ0) is 16.2. The maximum atomic E-state index is 12.0. The molecule has 5 nitrogen and oxygen atoms in total. The van der Waals surface area contributed by atoms with Gasteiger partial charge in [0.15, 0.2) is 5.71 Å². The number of nitriles is 1. The highest BCUT2D eigenvalue weighted by Gasteiger charge is 2.16. The lowest BCUT2D eigenvalue weighted by Crippen LogP contribution is -2.06. The highest BCUT2D eigenvalue weighted by atomic mass is 35.5. The van der Waals surface area contributed by atoms with Crippen LogP contribution in [0, 0.1) is 18.3 Å². The molecule has 0 spiro atoms. The summed E-state index contributed by atoms with van der Waals surface area (Å²) in [5.74, 6) is 0. The number of halogens is 1. The smallest absolute Gasteiger partial charge is 0.263 e. The van der Waals surface area contributed by atoms with Gasteiger partial charge >= 0.3 is 10.1 Å². The second-order valence-electron chi connectivity index (χ2n) is 4.40. The molecule has 22 heavy (non-hydrogen) atoms. The topological polar surface area (TPSA) is 79.5 Å². The van der Waals surface area contributed by atoms with Gasteiger partial charge in [0.2, 0.25) is 0 Å². The molecule has 0 radical (unpaired) electrons. The van der Waals surface area contributed by atoms with Crippen molar-refractivity contribution in [2.45, 2.75) is 11.8 Å². The van der Waals surface area contributed by atoms with Crippen molar-refractivity contribution in [1.82, 2.24) is 0 Å². The molecule has 0 saturated carbocycles. The Balaban J connectivity index is 2.29. The minimum absolute atomic E-state index is 0.0368. The first kappa shape index (κ1) is 16.0. The summed E-state index contributed by atoms with van der Waals surface area (Å²) in [5, 5.41) is 12.9. The van der Waals surface area contributed by atoms with E-state index in [-0.39, 0.29) is 10.6 Å². The lowest BCUT2D eigenvalue weighted by Gasteiger charge is -2.03. The standard InChI is InChI=1S/C15H11ClN2O3S/c1-11-5-7-14(8-6-11)22(19,20)21-18-15(10-17)12-3-2-4-13(16)9-12/h2-9H,1H3/b18-15-. The van der Waals surface area contributed by atoms with Gasteiger partial charge in [-0.1, -0.05) is 46.6 Å². The van der Waals surface area contributed by atoms with E-state index in [1.807, 2.05) is 6.92 Å². The third-order valence-corrected chi connectivity index (χ3v) is 4.10. The van der Waals surface area contributed by atoms with Gasteiger partial charge in [-0.25, -0.2) is 0 Å². The molecular formula is C15H11ClN2O3S. The Morgan fingerprint density at radius 3 is 2.50 bits per heavy atom. The molecule has 0 aliphatic carbocycles. The summed E-state index contributed by atoms with van der Waals surface area (Å²) in [5.41, 5.74) is 1.10. The molecule has 0 atom stereocenters. The first-order chi connectivity index (χ1) is 10.4. The third kappa shape index (κ3) is 3.85. The molecule has 0 aliphatic heterocycles. The molecular weight excluding hydrogens is 324 g/mol. The molecule has 2 aromatic rings. The van der Waals surface area contributed by atoms with E-state index >= 15 is 0 Å². The highest BCUT2D eigenvalue weighted by Crippen LogP contribution is 2.15. The summed E-state index contributed by atoms with van der Waals surface area (Å²) in [6.07, 6.45) is 0. The first-order valence-electron chi connectivity index (χ1n) is 6.17. The van der Waals surface area contributed by atoms with Crippen molar-refractivity contribution >= 4 is 27.4 Å². The fourth-order valence-electron chi connectivity index (χ4n) is 1.61. The van der Waals surface area contributed by atoms with Crippen LogP contribution < -0.4 is 0 Å². The quantitative estimate of drug-likeness (QED) is 0.634. The highest BCUT2D eigenvalue weighted by molar-refractivity contribution is 7.86. The van der Waals surface area contributed by atoms with E-state index < -0.39 is 10.1 Å². The average molecular weight is 335 g/mol. The van der Waals surface area contributed by atoms with Gasteiger partial charge in [0.25, 0.3) is 0 Å². The van der Waals surface area contributed by atoms with Crippen molar-refractivity contribution in [3.63, 3.8) is 0 Å². The van der Waals surface area contributed by atoms with Gasteiger partial charge in [0, 0.05) is 10.6 Å². The Hall–Kier alpha value is -2.36. The number of hydrogen-bond donors (Lipinski definition) is 0. The van der Waals surface area contributed by atoms with Crippen molar-refractivity contribution in [3.05, 3.63) is 64.7 Å². The van der Waals surface area contributed by atoms with E-state index in [2.05, 4.69) is 9.44 Å². The molecule has 7 heteroatoms. The van der Waals surface area contributed by atoms with E-state index in [9.17, 15) is 8.42 Å². The predicted molar refractivity (Wildman–Crippen MR) is 83.1 cm³/mol. The summed E-state index contributed by atoms with van der Waals surface area (Å²) >= 11 is 5.82. The number of aryl methyl sites for hydroxylation is 1. The van der Waals surface area contributed by atoms with Crippen molar-refractivity contribution in [2.75, 3.05) is 0 Å². The number of rotatable bonds is 4. The van der Waals surface area contributed by atoms with Crippen LogP contribution in [0.4, 0.5) is 0 Å². The van der Waals surface area contributed by atoms with Crippen LogP contribution in [-0.4, -0.2) is 14.1 Å². The second kappa shape index (κ2) is 6.60. The molecule has 112 valence electrons. The molecule has 0 saturated heterocycles. The van der Waals surface area contributed by atoms with Gasteiger partial charge in [-0.2, -0.15) is 13.7 Å². The van der Waals surface area contributed by atoms with Gasteiger partial charge in [0.1, 0.15) is 11.0 Å². The van der Waals surface area contributed by atoms with E-state index in [4.69, 9.17) is 16.9 Å². The van der Waals surface area contributed by atoms with Crippen LogP contribution in [0.2, 0.25) is 5.02 Å². The second-order valence-corrected chi connectivity index (χ2v) is 6.37. The maximum absolute atomic E-state index is 12.0. The normalized spacial score (nSPS) is 11.8. The largest absolute Gasteiger partial charge is 0.358 e. The zero-order valence-corrected chi connectivity index (χ0v) is 13.1. The van der Waals surface area contributed by atoms with Crippen LogP contribution >= 0.6 is 11.6 Å². The predicted octanol–water partition coefficient (Wildman–Crippen LogP) is 3.28. The number of oxime groups is 1. The fraction of sp³-hybridized carbons (Fsp3) is 0.0667. The van der Waals surface area contributed by atoms with Crippen LogP contribution in [0.1, 0.15) is 11.1 Å². The van der Waals surface area contributed by atoms with E-state index in [0.29, 0.717) is 10.6 Å². The molecule has 0 aliphatic rings. The van der Waals surface area contributed by atoms with Gasteiger partial charge in [-0.3, -0.25) is 4.28 Å². The molecule has 0 aromatic heterocycles. The van der Waals surface area contributed by atoms with Gasteiger partial charge in [-0.05, 0) is 31.2 Å². The number of benzene rings is 2. The first-order valence-corrected chi connectivity index (χ1v) is 7.95. The van der Waals surface area contributed by atoms with Crippen LogP contribution in [0.15, 0.2) is 58.6 Å². The van der Waals surface area contributed by atoms with Crippen LogP contribution in [0.25, 0.3) is 0 Å². The minimum Gasteiger partial charge on any atom is -0.263 e. The molecule has 2 rings (SSSR count). The number of hydrogen-bond acceptors (Lipinski definition) is 5. The third-order valence-electron chi connectivity index (χ3n) is 2.74. The monoisotopic (exact) mass is 334 g/mol. The van der Waals surface area contributed by atoms with E-state index in [1.165, 1.54) is 18.2 Å². The molecule has 0 bridgehead atoms. The average Bonchev–Trinajstić information content (AvgIpc) is 2.48. The maximum Gasteiger partial charge on any atom is 0.358 e. The summed E-state index contributed by atoms with van der Waals surface area (Å²) in [7, 11) is -4.07. The van der Waals surface area contributed by atoms with Crippen LogP contribution in [-0.2, 0) is 14.4 Å². The molecule has 0 amide bonds. The summed E-state index contributed by atoms with van der Waals surface area (Å²) in [4.78, 5) is -0.0368. The molecule has 0 unspecified atom stereocenters. The Morgan fingerprint density at radius 2 is 1.91 bits per heavy atom. The Labute approximate surface area is 133 Å². The lowest BCUT2D eigenvalue weighted by molar-refractivity contribution is 0.339. The minimum atomic E-state index is -4.07. The zero-order valence-electron chi connectivity index (χ0n) is 11.5. The van der Waals surface area contributed by atoms with E-state index in [0.717, 1.165) is 5.56 Å². The SMILES string of the molecule is Cc1ccc(S(=O)(=O)O/N=C(/C#N)c2cccc(Cl)c2)cc1. The molecule has 0 heterocycles. The summed E-state index contributed by atoms with van der Waals surface area (Å²) in [6.45, 7) is 1.84. The Bertz CT molecular complexity index is 853. The van der Waals surface area contributed by atoms with Crippen LogP contribution in [0.3, 0.4) is 0 Å². The summed E-state index contributed by atoms with van der Waals surface area (Å²) in [6, 6.07) is 14.2. The van der Waals surface area contributed by atoms with Gasteiger partial charge in [0.05, 0.1) is 0 Å². The lowest BCUT2D eigenvalue weighted by atomic mass is 10.1. The van der Waals surface area contributed by atoms with Gasteiger partial charge < -0.3 is 0 Å². The molecule has 2 aromatic carbocycles. The molecule has 0 N–H and O–H groups in total.